The average Bonchev–Trinajstić information content (AvgIpc) is 3.27. The molecule has 0 saturated carbocycles. The number of hydrogen-bond donors (Lipinski definition) is 0. The van der Waals surface area contributed by atoms with Gasteiger partial charge in [0.1, 0.15) is 17.1 Å². The van der Waals surface area contributed by atoms with E-state index in [4.69, 9.17) is 37.9 Å². The van der Waals surface area contributed by atoms with Gasteiger partial charge in [0.25, 0.3) is 6.47 Å². The average molecular weight is 947 g/mol. The lowest BCUT2D eigenvalue weighted by Gasteiger charge is -2.44. The van der Waals surface area contributed by atoms with Crippen molar-refractivity contribution in [3.8, 4) is 11.5 Å². The van der Waals surface area contributed by atoms with Crippen LogP contribution in [0.25, 0.3) is 0 Å². The van der Waals surface area contributed by atoms with Gasteiger partial charge < -0.3 is 37.9 Å². The second-order valence-electron chi connectivity index (χ2n) is 23.0. The summed E-state index contributed by atoms with van der Waals surface area (Å²) in [7, 11) is 1.78. The number of rotatable bonds is 35. The normalized spacial score (nSPS) is 14.6. The van der Waals surface area contributed by atoms with Crippen molar-refractivity contribution in [3.63, 3.8) is 0 Å². The van der Waals surface area contributed by atoms with E-state index >= 15 is 0 Å². The van der Waals surface area contributed by atoms with Crippen molar-refractivity contribution in [2.24, 2.45) is 10.8 Å². The van der Waals surface area contributed by atoms with Gasteiger partial charge in [0.2, 0.25) is 0 Å². The smallest absolute Gasteiger partial charge is 0.293 e. The first kappa shape index (κ1) is 58.8. The van der Waals surface area contributed by atoms with E-state index in [1.807, 2.05) is 56.3 Å². The van der Waals surface area contributed by atoms with Gasteiger partial charge in [-0.3, -0.25) is 4.79 Å². The Hall–Kier alpha value is -3.47. The molecule has 3 aromatic carbocycles. The molecular weight excluding hydrogens is 853 g/mol. The van der Waals surface area contributed by atoms with E-state index in [0.29, 0.717) is 46.1 Å². The van der Waals surface area contributed by atoms with Crippen LogP contribution in [-0.4, -0.2) is 87.3 Å². The number of unbranched alkanes of at least 4 members (excludes halogenated alkanes) is 2. The van der Waals surface area contributed by atoms with Gasteiger partial charge in [-0.05, 0) is 148 Å². The molecule has 0 aliphatic heterocycles. The van der Waals surface area contributed by atoms with Crippen molar-refractivity contribution < 1.29 is 42.7 Å². The summed E-state index contributed by atoms with van der Waals surface area (Å²) < 4.78 is 49.6. The van der Waals surface area contributed by atoms with Crippen LogP contribution in [0.4, 0.5) is 0 Å². The molecule has 9 heteroatoms. The fourth-order valence-electron chi connectivity index (χ4n) is 8.23. The Morgan fingerprint density at radius 1 is 0.500 bits per heavy atom. The highest BCUT2D eigenvalue weighted by atomic mass is 16.5. The van der Waals surface area contributed by atoms with Gasteiger partial charge in [0.15, 0.2) is 0 Å². The van der Waals surface area contributed by atoms with Crippen molar-refractivity contribution in [1.82, 2.24) is 0 Å². The first-order valence-electron chi connectivity index (χ1n) is 25.4. The molecule has 0 spiro atoms. The van der Waals surface area contributed by atoms with Crippen LogP contribution in [0, 0.1) is 10.8 Å². The first-order valence-corrected chi connectivity index (χ1v) is 25.4. The molecule has 0 bridgehead atoms. The Labute approximate surface area is 414 Å². The lowest BCUT2D eigenvalue weighted by atomic mass is 9.73. The number of carbonyl (C=O) groups excluding carboxylic acids is 1. The zero-order valence-corrected chi connectivity index (χ0v) is 45.5. The molecule has 0 N–H and O–H groups in total. The SMILES string of the molecule is COC(C)(C)C(COC(C)(C)C(C)(C)CCCCOC(C)(C)CCOc1ccc(OCCC(C)(C)OCCCCC(C)(C)C(C)OCC(c2ccccc2)C(C)(C)OC=O)cc1)c1ccccc1. The lowest BCUT2D eigenvalue weighted by Crippen LogP contribution is -2.44. The number of carbonyl (C=O) groups is 1. The molecule has 9 nitrogen and oxygen atoms in total. The molecule has 0 saturated heterocycles. The summed E-state index contributed by atoms with van der Waals surface area (Å²) in [6.07, 6.45) is 7.69. The third-order valence-corrected chi connectivity index (χ3v) is 15.0. The van der Waals surface area contributed by atoms with E-state index in [2.05, 4.69) is 132 Å². The molecule has 68 heavy (non-hydrogen) atoms. The van der Waals surface area contributed by atoms with Crippen LogP contribution in [0.2, 0.25) is 0 Å². The summed E-state index contributed by atoms with van der Waals surface area (Å²) in [5, 5.41) is 0. The summed E-state index contributed by atoms with van der Waals surface area (Å²) in [6.45, 7) is 36.6. The van der Waals surface area contributed by atoms with Crippen LogP contribution in [0.3, 0.4) is 0 Å². The van der Waals surface area contributed by atoms with Crippen molar-refractivity contribution >= 4 is 6.47 Å². The number of hydrogen-bond acceptors (Lipinski definition) is 9. The molecule has 0 amide bonds. The van der Waals surface area contributed by atoms with Gasteiger partial charge in [-0.25, -0.2) is 0 Å². The van der Waals surface area contributed by atoms with Crippen LogP contribution < -0.4 is 9.47 Å². The molecule has 384 valence electrons. The van der Waals surface area contributed by atoms with Crippen LogP contribution in [-0.2, 0) is 33.2 Å². The maximum Gasteiger partial charge on any atom is 0.293 e. The number of methoxy groups -OCH3 is 1. The van der Waals surface area contributed by atoms with Crippen molar-refractivity contribution in [2.75, 3.05) is 46.8 Å². The summed E-state index contributed by atoms with van der Waals surface area (Å²) >= 11 is 0. The lowest BCUT2D eigenvalue weighted by molar-refractivity contribution is -0.145. The van der Waals surface area contributed by atoms with Crippen LogP contribution in [0.15, 0.2) is 84.9 Å². The largest absolute Gasteiger partial charge is 0.493 e. The molecule has 3 unspecified atom stereocenters. The Kier molecular flexibility index (Phi) is 23.1. The van der Waals surface area contributed by atoms with Crippen LogP contribution in [0.1, 0.15) is 178 Å². The second kappa shape index (κ2) is 26.7. The fraction of sp³-hybridized carbons (Fsp3) is 0.678. The minimum atomic E-state index is -0.690. The van der Waals surface area contributed by atoms with E-state index in [9.17, 15) is 4.79 Å². The molecule has 0 aliphatic rings. The highest BCUT2D eigenvalue weighted by Crippen LogP contribution is 2.41. The van der Waals surface area contributed by atoms with Gasteiger partial charge in [-0.15, -0.1) is 0 Å². The van der Waals surface area contributed by atoms with Crippen molar-refractivity contribution in [2.45, 2.75) is 201 Å². The van der Waals surface area contributed by atoms with E-state index in [0.717, 1.165) is 68.4 Å². The summed E-state index contributed by atoms with van der Waals surface area (Å²) in [6, 6.07) is 28.6. The quantitative estimate of drug-likeness (QED) is 0.0422. The van der Waals surface area contributed by atoms with E-state index in [1.165, 1.54) is 5.56 Å². The monoisotopic (exact) mass is 947 g/mol. The van der Waals surface area contributed by atoms with Gasteiger partial charge >= 0.3 is 0 Å². The zero-order chi connectivity index (χ0) is 50.7. The second-order valence-corrected chi connectivity index (χ2v) is 23.0. The van der Waals surface area contributed by atoms with E-state index in [1.54, 1.807) is 7.11 Å². The maximum absolute atomic E-state index is 11.3. The summed E-state index contributed by atoms with van der Waals surface area (Å²) in [5.41, 5.74) is 0.316. The predicted molar refractivity (Wildman–Crippen MR) is 278 cm³/mol. The topological polar surface area (TPSA) is 90.9 Å². The van der Waals surface area contributed by atoms with Crippen LogP contribution >= 0.6 is 0 Å². The third-order valence-electron chi connectivity index (χ3n) is 15.0. The summed E-state index contributed by atoms with van der Waals surface area (Å²) in [5.74, 6) is 1.67. The van der Waals surface area contributed by atoms with Gasteiger partial charge in [0.05, 0.1) is 54.9 Å². The zero-order valence-electron chi connectivity index (χ0n) is 45.5. The Morgan fingerprint density at radius 2 is 0.941 bits per heavy atom. The van der Waals surface area contributed by atoms with E-state index in [-0.39, 0.29) is 51.2 Å². The molecule has 3 aromatic rings. The van der Waals surface area contributed by atoms with Crippen molar-refractivity contribution in [3.05, 3.63) is 96.1 Å². The Balaban J connectivity index is 1.30. The molecule has 0 aromatic heterocycles. The van der Waals surface area contributed by atoms with E-state index < -0.39 is 5.60 Å². The highest BCUT2D eigenvalue weighted by molar-refractivity contribution is 5.39. The molecule has 3 rings (SSSR count). The fourth-order valence-corrected chi connectivity index (χ4v) is 8.23. The molecule has 0 fully saturated rings. The predicted octanol–water partition coefficient (Wildman–Crippen LogP) is 14.4. The molecule has 0 aliphatic carbocycles. The standard InChI is InChI=1S/C59H94O9/c1-46(64-43-51(58(12,13)68-45-60)47-27-19-17-20-28-47)53(2,3)35-23-25-39-65-55(6,7)37-41-62-49-31-33-50(34-32-49)63-42-38-56(8,9)66-40-26-24-36-54(4,5)59(14,15)67-44-52(57(10,11)61-16)48-29-21-18-22-30-48/h17-22,27-34,45-46,51-52H,23-26,35-44H2,1-16H3. The molecule has 0 radical (unpaired) electrons. The minimum absolute atomic E-state index is 0.0214. The van der Waals surface area contributed by atoms with Gasteiger partial charge in [0, 0.05) is 45.0 Å². The highest BCUT2D eigenvalue weighted by Gasteiger charge is 2.40. The Morgan fingerprint density at radius 3 is 1.38 bits per heavy atom. The molecule has 0 heterocycles. The minimum Gasteiger partial charge on any atom is -0.493 e. The Bertz CT molecular complexity index is 1830. The first-order chi connectivity index (χ1) is 31.8. The summed E-state index contributed by atoms with van der Waals surface area (Å²) in [4.78, 5) is 11.3. The van der Waals surface area contributed by atoms with Gasteiger partial charge in [-0.2, -0.15) is 0 Å². The number of benzene rings is 3. The third kappa shape index (κ3) is 19.7. The molecular formula is C59H94O9. The maximum atomic E-state index is 11.3. The van der Waals surface area contributed by atoms with Gasteiger partial charge in [-0.1, -0.05) is 101 Å². The van der Waals surface area contributed by atoms with Crippen LogP contribution in [0.5, 0.6) is 11.5 Å². The molecule has 3 atom stereocenters. The van der Waals surface area contributed by atoms with Crippen molar-refractivity contribution in [1.29, 1.82) is 0 Å². The number of ether oxygens (including phenoxy) is 8.